The summed E-state index contributed by atoms with van der Waals surface area (Å²) >= 11 is 0. The van der Waals surface area contributed by atoms with Gasteiger partial charge in [-0.15, -0.1) is 0 Å². The quantitative estimate of drug-likeness (QED) is 0.915. The molecule has 0 spiro atoms. The average Bonchev–Trinajstić information content (AvgIpc) is 2.57. The topological polar surface area (TPSA) is 70.6 Å². The highest BCUT2D eigenvalue weighted by molar-refractivity contribution is 6.06. The zero-order valence-corrected chi connectivity index (χ0v) is 12.2. The Morgan fingerprint density at radius 2 is 1.74 bits per heavy atom. The Hall–Kier alpha value is -3.02. The molecule has 0 aromatic heterocycles. The molecular weight excluding hydrogens is 297 g/mol. The summed E-state index contributed by atoms with van der Waals surface area (Å²) in [6, 6.07) is 12.5. The first-order valence-corrected chi connectivity index (χ1v) is 7.14. The van der Waals surface area contributed by atoms with Crippen LogP contribution in [0.2, 0.25) is 0 Å². The average molecular weight is 311 g/mol. The molecule has 116 valence electrons. The van der Waals surface area contributed by atoms with E-state index in [1.807, 2.05) is 12.1 Å². The number of nitrogens with one attached hydrogen (secondary N) is 2. The van der Waals surface area contributed by atoms with E-state index < -0.39 is 0 Å². The predicted octanol–water partition coefficient (Wildman–Crippen LogP) is 2.69. The number of carbonyl (C=O) groups excluding carboxylic acids is 2. The van der Waals surface area contributed by atoms with Crippen LogP contribution < -0.4 is 10.7 Å². The molecule has 5 nitrogen and oxygen atoms in total. The Kier molecular flexibility index (Phi) is 4.14. The molecule has 0 fully saturated rings. The standard InChI is InChI=1S/C17H14FN3O2/c18-13-5-1-12(2-6-13)17(23)19-14-7-3-11(4-8-14)15-9-10-16(22)21-20-15/h1-8H,9-10H2,(H,19,23)(H,21,22). The van der Waals surface area contributed by atoms with Crippen LogP contribution in [-0.4, -0.2) is 17.5 Å². The lowest BCUT2D eigenvalue weighted by Gasteiger charge is -2.12. The number of rotatable bonds is 3. The fourth-order valence-corrected chi connectivity index (χ4v) is 2.23. The van der Waals surface area contributed by atoms with Crippen LogP contribution in [0.25, 0.3) is 0 Å². The molecule has 2 amide bonds. The van der Waals surface area contributed by atoms with E-state index in [-0.39, 0.29) is 17.6 Å². The SMILES string of the molecule is O=C1CCC(c2ccc(NC(=O)c3ccc(F)cc3)cc2)=NN1. The number of carbonyl (C=O) groups is 2. The van der Waals surface area contributed by atoms with Crippen molar-refractivity contribution in [3.05, 3.63) is 65.5 Å². The largest absolute Gasteiger partial charge is 0.322 e. The smallest absolute Gasteiger partial charge is 0.255 e. The fourth-order valence-electron chi connectivity index (χ4n) is 2.23. The van der Waals surface area contributed by atoms with E-state index in [0.717, 1.165) is 11.3 Å². The third-order valence-electron chi connectivity index (χ3n) is 3.49. The summed E-state index contributed by atoms with van der Waals surface area (Å²) in [5.74, 6) is -0.775. The van der Waals surface area contributed by atoms with Crippen LogP contribution in [0.4, 0.5) is 10.1 Å². The summed E-state index contributed by atoms with van der Waals surface area (Å²) in [4.78, 5) is 23.1. The minimum Gasteiger partial charge on any atom is -0.322 e. The molecule has 3 rings (SSSR count). The van der Waals surface area contributed by atoms with Gasteiger partial charge in [-0.25, -0.2) is 9.82 Å². The summed E-state index contributed by atoms with van der Waals surface area (Å²) < 4.78 is 12.9. The van der Waals surface area contributed by atoms with Crippen LogP contribution in [0.1, 0.15) is 28.8 Å². The third kappa shape index (κ3) is 3.60. The molecule has 0 bridgehead atoms. The van der Waals surface area contributed by atoms with Gasteiger partial charge in [-0.2, -0.15) is 5.10 Å². The van der Waals surface area contributed by atoms with Gasteiger partial charge in [0.2, 0.25) is 5.91 Å². The normalized spacial score (nSPS) is 14.0. The maximum absolute atomic E-state index is 12.9. The minimum absolute atomic E-state index is 0.0862. The van der Waals surface area contributed by atoms with E-state index >= 15 is 0 Å². The van der Waals surface area contributed by atoms with Gasteiger partial charge >= 0.3 is 0 Å². The second-order valence-electron chi connectivity index (χ2n) is 5.13. The predicted molar refractivity (Wildman–Crippen MR) is 84.7 cm³/mol. The van der Waals surface area contributed by atoms with Crippen molar-refractivity contribution < 1.29 is 14.0 Å². The van der Waals surface area contributed by atoms with Crippen LogP contribution in [0, 0.1) is 5.82 Å². The molecule has 0 atom stereocenters. The van der Waals surface area contributed by atoms with Gasteiger partial charge in [0.15, 0.2) is 0 Å². The molecule has 23 heavy (non-hydrogen) atoms. The number of benzene rings is 2. The van der Waals surface area contributed by atoms with Gasteiger partial charge in [-0.05, 0) is 42.0 Å². The highest BCUT2D eigenvalue weighted by Gasteiger charge is 2.13. The van der Waals surface area contributed by atoms with Crippen LogP contribution in [0.15, 0.2) is 53.6 Å². The van der Waals surface area contributed by atoms with Crippen LogP contribution in [0.5, 0.6) is 0 Å². The van der Waals surface area contributed by atoms with E-state index in [1.165, 1.54) is 24.3 Å². The monoisotopic (exact) mass is 311 g/mol. The lowest BCUT2D eigenvalue weighted by Crippen LogP contribution is -2.25. The Morgan fingerprint density at radius 3 is 2.35 bits per heavy atom. The van der Waals surface area contributed by atoms with E-state index in [0.29, 0.717) is 24.1 Å². The molecule has 0 unspecified atom stereocenters. The molecule has 2 N–H and O–H groups in total. The van der Waals surface area contributed by atoms with Crippen molar-refractivity contribution >= 4 is 23.2 Å². The Balaban J connectivity index is 1.69. The van der Waals surface area contributed by atoms with Gasteiger partial charge in [0, 0.05) is 24.1 Å². The van der Waals surface area contributed by atoms with Crippen LogP contribution in [0.3, 0.4) is 0 Å². The number of amides is 2. The van der Waals surface area contributed by atoms with Crippen molar-refractivity contribution in [2.45, 2.75) is 12.8 Å². The molecule has 1 aliphatic rings. The summed E-state index contributed by atoms with van der Waals surface area (Å²) in [5.41, 5.74) is 5.16. The molecule has 0 saturated carbocycles. The number of anilines is 1. The van der Waals surface area contributed by atoms with Crippen LogP contribution >= 0.6 is 0 Å². The first-order chi connectivity index (χ1) is 11.1. The number of hydrogen-bond acceptors (Lipinski definition) is 3. The van der Waals surface area contributed by atoms with Crippen molar-refractivity contribution in [2.75, 3.05) is 5.32 Å². The summed E-state index contributed by atoms with van der Waals surface area (Å²) in [6.07, 6.45) is 1.01. The molecule has 0 saturated heterocycles. The molecular formula is C17H14FN3O2. The second-order valence-corrected chi connectivity index (χ2v) is 5.13. The van der Waals surface area contributed by atoms with Gasteiger partial charge in [0.1, 0.15) is 5.82 Å². The molecule has 0 radical (unpaired) electrons. The zero-order chi connectivity index (χ0) is 16.2. The van der Waals surface area contributed by atoms with Gasteiger partial charge in [0.25, 0.3) is 5.91 Å². The third-order valence-corrected chi connectivity index (χ3v) is 3.49. The summed E-state index contributed by atoms with van der Waals surface area (Å²) in [5, 5.41) is 6.77. The number of halogens is 1. The molecule has 2 aromatic carbocycles. The number of hydrazone groups is 1. The second kappa shape index (κ2) is 6.39. The maximum Gasteiger partial charge on any atom is 0.255 e. The van der Waals surface area contributed by atoms with Crippen molar-refractivity contribution in [3.63, 3.8) is 0 Å². The van der Waals surface area contributed by atoms with Gasteiger partial charge < -0.3 is 5.32 Å². The van der Waals surface area contributed by atoms with Crippen molar-refractivity contribution in [1.29, 1.82) is 0 Å². The van der Waals surface area contributed by atoms with Crippen LogP contribution in [-0.2, 0) is 4.79 Å². The highest BCUT2D eigenvalue weighted by atomic mass is 19.1. The molecule has 2 aromatic rings. The molecule has 1 heterocycles. The zero-order valence-electron chi connectivity index (χ0n) is 12.2. The van der Waals surface area contributed by atoms with E-state index in [1.54, 1.807) is 12.1 Å². The van der Waals surface area contributed by atoms with E-state index in [2.05, 4.69) is 15.8 Å². The molecule has 1 aliphatic heterocycles. The molecule has 6 heteroatoms. The Labute approximate surface area is 132 Å². The summed E-state index contributed by atoms with van der Waals surface area (Å²) in [6.45, 7) is 0. The van der Waals surface area contributed by atoms with Gasteiger partial charge in [-0.1, -0.05) is 12.1 Å². The fraction of sp³-hybridized carbons (Fsp3) is 0.118. The first-order valence-electron chi connectivity index (χ1n) is 7.14. The lowest BCUT2D eigenvalue weighted by molar-refractivity contribution is -0.121. The molecule has 0 aliphatic carbocycles. The first kappa shape index (κ1) is 14.9. The maximum atomic E-state index is 12.9. The minimum atomic E-state index is -0.383. The van der Waals surface area contributed by atoms with Crippen molar-refractivity contribution in [3.8, 4) is 0 Å². The Bertz CT molecular complexity index is 767. The van der Waals surface area contributed by atoms with Gasteiger partial charge in [0.05, 0.1) is 5.71 Å². The van der Waals surface area contributed by atoms with E-state index in [4.69, 9.17) is 0 Å². The van der Waals surface area contributed by atoms with Crippen molar-refractivity contribution in [1.82, 2.24) is 5.43 Å². The Morgan fingerprint density at radius 1 is 1.04 bits per heavy atom. The van der Waals surface area contributed by atoms with Gasteiger partial charge in [-0.3, -0.25) is 9.59 Å². The van der Waals surface area contributed by atoms with E-state index in [9.17, 15) is 14.0 Å². The van der Waals surface area contributed by atoms with Crippen molar-refractivity contribution in [2.24, 2.45) is 5.10 Å². The summed E-state index contributed by atoms with van der Waals surface area (Å²) in [7, 11) is 0. The highest BCUT2D eigenvalue weighted by Crippen LogP contribution is 2.15. The number of hydrogen-bond donors (Lipinski definition) is 2. The lowest BCUT2D eigenvalue weighted by atomic mass is 10.0. The number of nitrogens with zero attached hydrogens (tertiary/aromatic N) is 1.